The molecule has 1 aromatic heterocycles. The number of nitrogens with zero attached hydrogens (tertiary/aromatic N) is 1. The fourth-order valence-electron chi connectivity index (χ4n) is 4.61. The maximum Gasteiger partial charge on any atom is 0.326 e. The molecule has 1 aliphatic carbocycles. The molecule has 7 nitrogen and oxygen atoms in total. The molecule has 32 heavy (non-hydrogen) atoms. The first kappa shape index (κ1) is 24.5. The SMILES string of the molecule is CCC(CC)CC(=O)N[C@H](CCOC1CC(CCc2ccc3c(n2)NCCC3)C1)C(=O)O. The predicted octanol–water partition coefficient (Wildman–Crippen LogP) is 3.95. The number of pyridine rings is 1. The standard InChI is InChI=1S/C25H39N3O4/c1-3-17(4-2)16-23(29)28-22(25(30)31)11-13-32-21-14-18(15-21)7-9-20-10-8-19-6-5-12-26-24(19)27-20/h8,10,17-18,21-22H,3-7,9,11-16H2,1-2H3,(H,26,27)(H,28,29)(H,30,31)/t18?,21?,22-/m1/s1. The first-order valence-corrected chi connectivity index (χ1v) is 12.3. The Morgan fingerprint density at radius 2 is 2.06 bits per heavy atom. The van der Waals surface area contributed by atoms with E-state index in [-0.39, 0.29) is 12.0 Å². The average Bonchev–Trinajstić information content (AvgIpc) is 2.77. The van der Waals surface area contributed by atoms with Crippen LogP contribution in [0.2, 0.25) is 0 Å². The van der Waals surface area contributed by atoms with Crippen molar-refractivity contribution >= 4 is 17.7 Å². The topological polar surface area (TPSA) is 101 Å². The molecular weight excluding hydrogens is 406 g/mol. The number of anilines is 1. The van der Waals surface area contributed by atoms with Crippen LogP contribution in [0, 0.1) is 11.8 Å². The summed E-state index contributed by atoms with van der Waals surface area (Å²) in [5.74, 6) is 0.829. The Balaban J connectivity index is 1.31. The molecule has 0 bridgehead atoms. The van der Waals surface area contributed by atoms with Crippen LogP contribution in [0.3, 0.4) is 0 Å². The summed E-state index contributed by atoms with van der Waals surface area (Å²) < 4.78 is 5.88. The molecule has 0 saturated heterocycles. The number of rotatable bonds is 13. The van der Waals surface area contributed by atoms with Gasteiger partial charge in [-0.2, -0.15) is 0 Å². The van der Waals surface area contributed by atoms with Crippen LogP contribution in [0.25, 0.3) is 0 Å². The molecule has 3 N–H and O–H groups in total. The molecule has 7 heteroatoms. The number of amides is 1. The highest BCUT2D eigenvalue weighted by atomic mass is 16.5. The Kier molecular flexibility index (Phi) is 9.33. The van der Waals surface area contributed by atoms with Gasteiger partial charge in [0, 0.05) is 31.7 Å². The average molecular weight is 446 g/mol. The maximum absolute atomic E-state index is 12.1. The monoisotopic (exact) mass is 445 g/mol. The van der Waals surface area contributed by atoms with Crippen LogP contribution in [0.1, 0.15) is 76.5 Å². The Labute approximate surface area is 191 Å². The Morgan fingerprint density at radius 3 is 2.78 bits per heavy atom. The number of carbonyl (C=O) groups excluding carboxylic acids is 1. The molecule has 1 amide bonds. The van der Waals surface area contributed by atoms with Crippen molar-refractivity contribution in [1.82, 2.24) is 10.3 Å². The van der Waals surface area contributed by atoms with E-state index in [0.717, 1.165) is 63.0 Å². The van der Waals surface area contributed by atoms with Crippen molar-refractivity contribution in [2.45, 2.75) is 90.2 Å². The number of ether oxygens (including phenoxy) is 1. The number of aromatic nitrogens is 1. The summed E-state index contributed by atoms with van der Waals surface area (Å²) >= 11 is 0. The van der Waals surface area contributed by atoms with Crippen LogP contribution in [0.15, 0.2) is 12.1 Å². The van der Waals surface area contributed by atoms with E-state index in [9.17, 15) is 14.7 Å². The van der Waals surface area contributed by atoms with Gasteiger partial charge in [-0.25, -0.2) is 9.78 Å². The lowest BCUT2D eigenvalue weighted by atomic mass is 9.79. The maximum atomic E-state index is 12.1. The van der Waals surface area contributed by atoms with Crippen LogP contribution in [0.5, 0.6) is 0 Å². The molecule has 1 saturated carbocycles. The zero-order chi connectivity index (χ0) is 22.9. The Bertz CT molecular complexity index is 760. The molecule has 1 atom stereocenters. The summed E-state index contributed by atoms with van der Waals surface area (Å²) in [6.07, 6.45) is 9.15. The van der Waals surface area contributed by atoms with Gasteiger partial charge in [-0.3, -0.25) is 4.79 Å². The van der Waals surface area contributed by atoms with Crippen molar-refractivity contribution in [2.75, 3.05) is 18.5 Å². The second-order valence-corrected chi connectivity index (χ2v) is 9.34. The van der Waals surface area contributed by atoms with Gasteiger partial charge in [-0.05, 0) is 62.0 Å². The first-order valence-electron chi connectivity index (χ1n) is 12.3. The number of carboxylic acid groups (broad SMARTS) is 1. The van der Waals surface area contributed by atoms with E-state index >= 15 is 0 Å². The molecule has 0 unspecified atom stereocenters. The second kappa shape index (κ2) is 12.2. The van der Waals surface area contributed by atoms with Crippen molar-refractivity contribution in [3.63, 3.8) is 0 Å². The molecular formula is C25H39N3O4. The molecule has 0 spiro atoms. The lowest BCUT2D eigenvalue weighted by Crippen LogP contribution is -2.42. The summed E-state index contributed by atoms with van der Waals surface area (Å²) in [6, 6.07) is 3.48. The molecule has 1 aliphatic heterocycles. The predicted molar refractivity (Wildman–Crippen MR) is 125 cm³/mol. The summed E-state index contributed by atoms with van der Waals surface area (Å²) in [5.41, 5.74) is 2.47. The number of fused-ring (bicyclic) bond motifs is 1. The van der Waals surface area contributed by atoms with Crippen LogP contribution in [0.4, 0.5) is 5.82 Å². The van der Waals surface area contributed by atoms with E-state index < -0.39 is 12.0 Å². The molecule has 1 aromatic rings. The van der Waals surface area contributed by atoms with Gasteiger partial charge >= 0.3 is 5.97 Å². The minimum absolute atomic E-state index is 0.180. The highest BCUT2D eigenvalue weighted by Crippen LogP contribution is 2.34. The number of nitrogens with one attached hydrogen (secondary N) is 2. The summed E-state index contributed by atoms with van der Waals surface area (Å²) in [6.45, 7) is 5.47. The van der Waals surface area contributed by atoms with E-state index in [1.807, 2.05) is 0 Å². The van der Waals surface area contributed by atoms with Crippen LogP contribution >= 0.6 is 0 Å². The van der Waals surface area contributed by atoms with E-state index in [4.69, 9.17) is 9.72 Å². The van der Waals surface area contributed by atoms with Crippen LogP contribution < -0.4 is 10.6 Å². The third-order valence-corrected chi connectivity index (χ3v) is 6.98. The quantitative estimate of drug-likeness (QED) is 0.425. The lowest BCUT2D eigenvalue weighted by molar-refractivity contribution is -0.143. The molecule has 0 radical (unpaired) electrons. The summed E-state index contributed by atoms with van der Waals surface area (Å²) in [7, 11) is 0. The van der Waals surface area contributed by atoms with Gasteiger partial charge in [-0.1, -0.05) is 32.8 Å². The van der Waals surface area contributed by atoms with E-state index in [1.165, 1.54) is 12.0 Å². The van der Waals surface area contributed by atoms with E-state index in [1.54, 1.807) is 0 Å². The van der Waals surface area contributed by atoms with Crippen LogP contribution in [-0.2, 0) is 27.2 Å². The number of hydrogen-bond donors (Lipinski definition) is 3. The number of aryl methyl sites for hydroxylation is 2. The van der Waals surface area contributed by atoms with Gasteiger partial charge in [0.05, 0.1) is 6.10 Å². The van der Waals surface area contributed by atoms with Gasteiger partial charge in [-0.15, -0.1) is 0 Å². The lowest BCUT2D eigenvalue weighted by Gasteiger charge is -2.35. The van der Waals surface area contributed by atoms with Gasteiger partial charge < -0.3 is 20.5 Å². The highest BCUT2D eigenvalue weighted by Gasteiger charge is 2.30. The number of carbonyl (C=O) groups is 2. The smallest absolute Gasteiger partial charge is 0.326 e. The molecule has 2 aliphatic rings. The molecule has 0 aromatic carbocycles. The van der Waals surface area contributed by atoms with Crippen molar-refractivity contribution in [3.05, 3.63) is 23.4 Å². The van der Waals surface area contributed by atoms with Crippen LogP contribution in [-0.4, -0.2) is 47.3 Å². The number of carboxylic acids is 1. The largest absolute Gasteiger partial charge is 0.480 e. The number of aliphatic carboxylic acids is 1. The Morgan fingerprint density at radius 1 is 1.28 bits per heavy atom. The highest BCUT2D eigenvalue weighted by molar-refractivity contribution is 5.83. The normalized spacial score (nSPS) is 20.7. The summed E-state index contributed by atoms with van der Waals surface area (Å²) in [5, 5.41) is 15.5. The van der Waals surface area contributed by atoms with Gasteiger partial charge in [0.25, 0.3) is 0 Å². The van der Waals surface area contributed by atoms with Crippen molar-refractivity contribution in [2.24, 2.45) is 11.8 Å². The zero-order valence-electron chi connectivity index (χ0n) is 19.6. The fraction of sp³-hybridized carbons (Fsp3) is 0.720. The minimum atomic E-state index is -0.995. The number of hydrogen-bond acceptors (Lipinski definition) is 5. The molecule has 2 heterocycles. The minimum Gasteiger partial charge on any atom is -0.480 e. The molecule has 1 fully saturated rings. The molecule has 178 valence electrons. The van der Waals surface area contributed by atoms with Gasteiger partial charge in [0.1, 0.15) is 11.9 Å². The fourth-order valence-corrected chi connectivity index (χ4v) is 4.61. The third-order valence-electron chi connectivity index (χ3n) is 6.98. The van der Waals surface area contributed by atoms with Gasteiger partial charge in [0.2, 0.25) is 5.91 Å². The molecule has 3 rings (SSSR count). The van der Waals surface area contributed by atoms with Crippen molar-refractivity contribution in [1.29, 1.82) is 0 Å². The van der Waals surface area contributed by atoms with Crippen molar-refractivity contribution < 1.29 is 19.4 Å². The summed E-state index contributed by atoms with van der Waals surface area (Å²) in [4.78, 5) is 28.4. The Hall–Kier alpha value is -2.15. The zero-order valence-corrected chi connectivity index (χ0v) is 19.6. The van der Waals surface area contributed by atoms with Crippen molar-refractivity contribution in [3.8, 4) is 0 Å². The second-order valence-electron chi connectivity index (χ2n) is 9.34. The van der Waals surface area contributed by atoms with Gasteiger partial charge in [0.15, 0.2) is 0 Å². The first-order chi connectivity index (χ1) is 15.5. The van der Waals surface area contributed by atoms with E-state index in [0.29, 0.717) is 31.3 Å². The van der Waals surface area contributed by atoms with E-state index in [2.05, 4.69) is 36.6 Å². The third kappa shape index (κ3) is 7.19.